The summed E-state index contributed by atoms with van der Waals surface area (Å²) in [6.07, 6.45) is 8.16. The molecule has 3 rings (SSSR count). The van der Waals surface area contributed by atoms with Gasteiger partial charge in [0, 0.05) is 12.5 Å². The number of anilines is 1. The summed E-state index contributed by atoms with van der Waals surface area (Å²) in [5, 5.41) is 9.33. The van der Waals surface area contributed by atoms with Crippen molar-refractivity contribution in [3.05, 3.63) is 24.8 Å². The number of hydrogen-bond acceptors (Lipinski definition) is 5. The van der Waals surface area contributed by atoms with E-state index in [1.165, 1.54) is 6.33 Å². The first-order valence-corrected chi connectivity index (χ1v) is 5.52. The fourth-order valence-electron chi connectivity index (χ4n) is 2.28. The molecule has 0 spiro atoms. The smallest absolute Gasteiger partial charge is 0.165 e. The minimum Gasteiger partial charge on any atom is -0.396 e. The topological polar surface area (TPSA) is 89.9 Å². The van der Waals surface area contributed by atoms with E-state index >= 15 is 0 Å². The zero-order valence-electron chi connectivity index (χ0n) is 9.19. The van der Waals surface area contributed by atoms with Crippen LogP contribution in [0.3, 0.4) is 0 Å². The van der Waals surface area contributed by atoms with E-state index in [9.17, 15) is 5.11 Å². The molecule has 1 aliphatic carbocycles. The van der Waals surface area contributed by atoms with Crippen LogP contribution in [0.1, 0.15) is 12.5 Å². The normalized spacial score (nSPS) is 23.6. The Bertz CT molecular complexity index is 576. The zero-order chi connectivity index (χ0) is 11.8. The van der Waals surface area contributed by atoms with Crippen LogP contribution in [0.25, 0.3) is 11.2 Å². The van der Waals surface area contributed by atoms with Crippen molar-refractivity contribution in [3.63, 3.8) is 0 Å². The predicted molar refractivity (Wildman–Crippen MR) is 63.1 cm³/mol. The van der Waals surface area contributed by atoms with E-state index in [0.29, 0.717) is 17.0 Å². The number of aliphatic hydroxyl groups excluding tert-OH is 1. The van der Waals surface area contributed by atoms with E-state index < -0.39 is 0 Å². The van der Waals surface area contributed by atoms with Gasteiger partial charge in [-0.1, -0.05) is 12.2 Å². The average molecular weight is 231 g/mol. The van der Waals surface area contributed by atoms with Crippen LogP contribution in [0.2, 0.25) is 0 Å². The molecule has 1 aliphatic rings. The molecule has 0 aliphatic heterocycles. The lowest BCUT2D eigenvalue weighted by molar-refractivity contribution is 0.205. The Morgan fingerprint density at radius 2 is 2.29 bits per heavy atom. The van der Waals surface area contributed by atoms with Crippen LogP contribution < -0.4 is 5.73 Å². The first-order chi connectivity index (χ1) is 8.31. The number of nitrogens with two attached hydrogens (primary N) is 1. The SMILES string of the molecule is Nc1ncnc2c1ncn2[C@H]1C=CC[C@H]1CO. The van der Waals surface area contributed by atoms with Crippen LogP contribution in [0.4, 0.5) is 5.82 Å². The maximum Gasteiger partial charge on any atom is 0.165 e. The molecule has 0 saturated heterocycles. The van der Waals surface area contributed by atoms with Gasteiger partial charge in [-0.2, -0.15) is 0 Å². The van der Waals surface area contributed by atoms with Gasteiger partial charge in [-0.05, 0) is 6.42 Å². The van der Waals surface area contributed by atoms with Crippen molar-refractivity contribution in [1.82, 2.24) is 19.5 Å². The zero-order valence-corrected chi connectivity index (χ0v) is 9.19. The van der Waals surface area contributed by atoms with E-state index in [1.807, 2.05) is 4.57 Å². The number of imidazole rings is 1. The highest BCUT2D eigenvalue weighted by Crippen LogP contribution is 2.31. The summed E-state index contributed by atoms with van der Waals surface area (Å²) in [5.74, 6) is 0.569. The highest BCUT2D eigenvalue weighted by Gasteiger charge is 2.25. The van der Waals surface area contributed by atoms with E-state index in [2.05, 4.69) is 27.1 Å². The van der Waals surface area contributed by atoms with Gasteiger partial charge in [-0.3, -0.25) is 0 Å². The quantitative estimate of drug-likeness (QED) is 0.735. The van der Waals surface area contributed by atoms with Crippen LogP contribution in [0.15, 0.2) is 24.8 Å². The molecule has 6 nitrogen and oxygen atoms in total. The lowest BCUT2D eigenvalue weighted by Gasteiger charge is -2.18. The third-order valence-corrected chi connectivity index (χ3v) is 3.20. The first kappa shape index (κ1) is 10.2. The summed E-state index contributed by atoms with van der Waals surface area (Å²) in [6, 6.07) is 0.0966. The Morgan fingerprint density at radius 1 is 1.41 bits per heavy atom. The highest BCUT2D eigenvalue weighted by molar-refractivity contribution is 5.81. The van der Waals surface area contributed by atoms with E-state index in [0.717, 1.165) is 6.42 Å². The minimum atomic E-state index is 0.0966. The van der Waals surface area contributed by atoms with Crippen LogP contribution in [-0.4, -0.2) is 31.2 Å². The average Bonchev–Trinajstić information content (AvgIpc) is 2.94. The molecule has 0 bridgehead atoms. The summed E-state index contributed by atoms with van der Waals surface area (Å²) < 4.78 is 1.94. The van der Waals surface area contributed by atoms with Gasteiger partial charge in [-0.15, -0.1) is 0 Å². The van der Waals surface area contributed by atoms with Crippen LogP contribution >= 0.6 is 0 Å². The first-order valence-electron chi connectivity index (χ1n) is 5.52. The second-order valence-corrected chi connectivity index (χ2v) is 4.18. The third-order valence-electron chi connectivity index (χ3n) is 3.20. The number of nitrogens with zero attached hydrogens (tertiary/aromatic N) is 4. The Hall–Kier alpha value is -1.95. The molecule has 2 aromatic heterocycles. The Balaban J connectivity index is 2.12. The van der Waals surface area contributed by atoms with Crippen LogP contribution in [0.5, 0.6) is 0 Å². The van der Waals surface area contributed by atoms with Gasteiger partial charge in [0.1, 0.15) is 11.8 Å². The Morgan fingerprint density at radius 3 is 3.12 bits per heavy atom. The molecule has 0 saturated carbocycles. The van der Waals surface area contributed by atoms with Crippen molar-refractivity contribution in [2.24, 2.45) is 5.92 Å². The second kappa shape index (κ2) is 3.81. The Kier molecular flexibility index (Phi) is 2.29. The van der Waals surface area contributed by atoms with Crippen molar-refractivity contribution < 1.29 is 5.11 Å². The number of rotatable bonds is 2. The van der Waals surface area contributed by atoms with Gasteiger partial charge in [-0.25, -0.2) is 15.0 Å². The van der Waals surface area contributed by atoms with Crippen molar-refractivity contribution in [2.45, 2.75) is 12.5 Å². The molecule has 0 radical (unpaired) electrons. The van der Waals surface area contributed by atoms with Crippen molar-refractivity contribution in [2.75, 3.05) is 12.3 Å². The van der Waals surface area contributed by atoms with Gasteiger partial charge >= 0.3 is 0 Å². The fraction of sp³-hybridized carbons (Fsp3) is 0.364. The third kappa shape index (κ3) is 1.49. The number of aliphatic hydroxyl groups is 1. The lowest BCUT2D eigenvalue weighted by Crippen LogP contribution is -2.17. The molecule has 17 heavy (non-hydrogen) atoms. The highest BCUT2D eigenvalue weighted by atomic mass is 16.3. The number of nitrogen functional groups attached to an aromatic ring is 1. The lowest BCUT2D eigenvalue weighted by atomic mass is 10.0. The summed E-state index contributed by atoms with van der Waals surface area (Å²) in [6.45, 7) is 0.151. The van der Waals surface area contributed by atoms with E-state index in [4.69, 9.17) is 5.73 Å². The molecule has 0 unspecified atom stereocenters. The summed E-state index contributed by atoms with van der Waals surface area (Å²) >= 11 is 0. The number of allylic oxidation sites excluding steroid dienone is 2. The molecule has 2 heterocycles. The maximum atomic E-state index is 9.33. The van der Waals surface area contributed by atoms with Gasteiger partial charge in [0.05, 0.1) is 12.4 Å². The van der Waals surface area contributed by atoms with Gasteiger partial charge in [0.15, 0.2) is 11.5 Å². The minimum absolute atomic E-state index is 0.0966. The predicted octanol–water partition coefficient (Wildman–Crippen LogP) is 0.518. The molecular weight excluding hydrogens is 218 g/mol. The second-order valence-electron chi connectivity index (χ2n) is 4.18. The van der Waals surface area contributed by atoms with Crippen molar-refractivity contribution in [3.8, 4) is 0 Å². The van der Waals surface area contributed by atoms with E-state index in [-0.39, 0.29) is 18.6 Å². The maximum absolute atomic E-state index is 9.33. The van der Waals surface area contributed by atoms with Crippen molar-refractivity contribution >= 4 is 17.0 Å². The van der Waals surface area contributed by atoms with Gasteiger partial charge in [0.2, 0.25) is 0 Å². The molecule has 2 aromatic rings. The molecule has 0 fully saturated rings. The van der Waals surface area contributed by atoms with Crippen LogP contribution in [-0.2, 0) is 0 Å². The van der Waals surface area contributed by atoms with Gasteiger partial charge in [0.25, 0.3) is 0 Å². The summed E-state index contributed by atoms with van der Waals surface area (Å²) in [5.41, 5.74) is 7.07. The Labute approximate surface area is 97.8 Å². The standard InChI is InChI=1S/C11H13N5O/c12-10-9-11(14-5-13-10)16(6-15-9)8-3-1-2-7(8)4-17/h1,3,5-8,17H,2,4H2,(H2,12,13,14)/t7-,8-/m0/s1. The summed E-state index contributed by atoms with van der Waals surface area (Å²) in [7, 11) is 0. The molecule has 2 atom stereocenters. The number of aromatic nitrogens is 4. The van der Waals surface area contributed by atoms with Crippen molar-refractivity contribution in [1.29, 1.82) is 0 Å². The summed E-state index contributed by atoms with van der Waals surface area (Å²) in [4.78, 5) is 12.3. The number of hydrogen-bond donors (Lipinski definition) is 2. The van der Waals surface area contributed by atoms with Gasteiger partial charge < -0.3 is 15.4 Å². The monoisotopic (exact) mass is 231 g/mol. The molecule has 0 amide bonds. The number of fused-ring (bicyclic) bond motifs is 1. The molecule has 3 N–H and O–H groups in total. The van der Waals surface area contributed by atoms with Crippen LogP contribution in [0, 0.1) is 5.92 Å². The molecule has 6 heteroatoms. The fourth-order valence-corrected chi connectivity index (χ4v) is 2.28. The molecule has 0 aromatic carbocycles. The largest absolute Gasteiger partial charge is 0.396 e. The van der Waals surface area contributed by atoms with E-state index in [1.54, 1.807) is 6.33 Å². The molecule has 88 valence electrons. The molecular formula is C11H13N5O.